The molecule has 9 heteroatoms. The molecule has 0 saturated carbocycles. The molecule has 2 aliphatic rings. The predicted molar refractivity (Wildman–Crippen MR) is 111 cm³/mol. The zero-order valence-corrected chi connectivity index (χ0v) is 18.4. The van der Waals surface area contributed by atoms with Crippen molar-refractivity contribution in [3.05, 3.63) is 29.5 Å². The highest BCUT2D eigenvalue weighted by atomic mass is 32.2. The Morgan fingerprint density at radius 1 is 1.23 bits per heavy atom. The fourth-order valence-electron chi connectivity index (χ4n) is 3.97. The minimum absolute atomic E-state index is 0.0243. The Hall–Kier alpha value is -1.94. The Morgan fingerprint density at radius 3 is 2.53 bits per heavy atom. The molecule has 1 aromatic heterocycles. The van der Waals surface area contributed by atoms with Gasteiger partial charge in [-0.3, -0.25) is 4.79 Å². The molecule has 2 fully saturated rings. The summed E-state index contributed by atoms with van der Waals surface area (Å²) in [6.07, 6.45) is 1.83. The summed E-state index contributed by atoms with van der Waals surface area (Å²) in [5.74, 6) is -0.703. The van der Waals surface area contributed by atoms with Gasteiger partial charge in [-0.05, 0) is 38.5 Å². The van der Waals surface area contributed by atoms with Crippen molar-refractivity contribution < 1.29 is 27.1 Å². The zero-order valence-electron chi connectivity index (χ0n) is 17.6. The lowest BCUT2D eigenvalue weighted by Gasteiger charge is -2.36. The summed E-state index contributed by atoms with van der Waals surface area (Å²) in [6, 6.07) is 4.76. The molecule has 0 unspecified atom stereocenters. The van der Waals surface area contributed by atoms with Crippen LogP contribution in [0, 0.1) is 6.92 Å². The Morgan fingerprint density at radius 2 is 1.90 bits per heavy atom. The number of piperidine rings is 1. The van der Waals surface area contributed by atoms with Gasteiger partial charge in [0.1, 0.15) is 5.58 Å². The van der Waals surface area contributed by atoms with Crippen molar-refractivity contribution in [2.24, 2.45) is 0 Å². The second kappa shape index (κ2) is 7.96. The third-order valence-corrected chi connectivity index (χ3v) is 7.93. The second-order valence-electron chi connectivity index (χ2n) is 8.01. The average molecular weight is 437 g/mol. The van der Waals surface area contributed by atoms with E-state index in [1.54, 1.807) is 19.1 Å². The monoisotopic (exact) mass is 436 g/mol. The lowest BCUT2D eigenvalue weighted by molar-refractivity contribution is -0.179. The first-order valence-corrected chi connectivity index (χ1v) is 11.8. The number of nitrogens with zero attached hydrogens (tertiary/aromatic N) is 1. The quantitative estimate of drug-likeness (QED) is 0.774. The molecule has 0 radical (unpaired) electrons. The highest BCUT2D eigenvalue weighted by Gasteiger charge is 2.42. The average Bonchev–Trinajstić information content (AvgIpc) is 3.32. The summed E-state index contributed by atoms with van der Waals surface area (Å²) in [4.78, 5) is 12.7. The van der Waals surface area contributed by atoms with Crippen LogP contribution < -0.4 is 5.32 Å². The molecule has 1 aromatic carbocycles. The molecular formula is C21H28N2O6S. The first-order chi connectivity index (χ1) is 14.3. The summed E-state index contributed by atoms with van der Waals surface area (Å²) in [6.45, 7) is 7.46. The number of aryl methyl sites for hydroxylation is 1. The first-order valence-electron chi connectivity index (χ1n) is 10.4. The van der Waals surface area contributed by atoms with Gasteiger partial charge in [0.25, 0.3) is 5.91 Å². The number of carbonyl (C=O) groups excluding carboxylic acids is 1. The summed E-state index contributed by atoms with van der Waals surface area (Å²) < 4.78 is 45.0. The van der Waals surface area contributed by atoms with Gasteiger partial charge in [-0.1, -0.05) is 6.92 Å². The van der Waals surface area contributed by atoms with Gasteiger partial charge in [-0.25, -0.2) is 8.42 Å². The van der Waals surface area contributed by atoms with Crippen molar-refractivity contribution in [2.75, 3.05) is 26.3 Å². The van der Waals surface area contributed by atoms with Crippen molar-refractivity contribution in [3.63, 3.8) is 0 Å². The molecule has 3 heterocycles. The number of rotatable bonds is 5. The van der Waals surface area contributed by atoms with Crippen molar-refractivity contribution in [2.45, 2.75) is 56.8 Å². The van der Waals surface area contributed by atoms with Gasteiger partial charge in [-0.2, -0.15) is 4.31 Å². The standard InChI is InChI=1S/C21H28N2O6S/c1-4-14(2)22-20(24)19-15(3)17-13-16(5-6-18(17)29-19)30(25,26)23-9-7-21(8-10-23)27-11-12-28-21/h5-6,13-14H,4,7-12H2,1-3H3,(H,22,24)/t14-/m0/s1. The van der Waals surface area contributed by atoms with Crippen LogP contribution in [0.25, 0.3) is 11.0 Å². The molecule has 1 atom stereocenters. The predicted octanol–water partition coefficient (Wildman–Crippen LogP) is 2.80. The number of hydrogen-bond acceptors (Lipinski definition) is 6. The number of amides is 1. The summed E-state index contributed by atoms with van der Waals surface area (Å²) in [5.41, 5.74) is 1.12. The number of ether oxygens (including phenoxy) is 2. The molecule has 1 spiro atoms. The first kappa shape index (κ1) is 21.3. The van der Waals surface area contributed by atoms with Crippen LogP contribution in [0.3, 0.4) is 0 Å². The number of sulfonamides is 1. The molecule has 0 aliphatic carbocycles. The molecule has 30 heavy (non-hydrogen) atoms. The van der Waals surface area contributed by atoms with Crippen LogP contribution >= 0.6 is 0 Å². The van der Waals surface area contributed by atoms with E-state index in [2.05, 4.69) is 5.32 Å². The van der Waals surface area contributed by atoms with Gasteiger partial charge >= 0.3 is 0 Å². The third kappa shape index (κ3) is 3.75. The van der Waals surface area contributed by atoms with Crippen molar-refractivity contribution in [1.82, 2.24) is 9.62 Å². The Bertz CT molecular complexity index is 1040. The minimum atomic E-state index is -3.67. The van der Waals surface area contributed by atoms with E-state index < -0.39 is 15.8 Å². The number of fused-ring (bicyclic) bond motifs is 1. The van der Waals surface area contributed by atoms with E-state index in [0.29, 0.717) is 55.7 Å². The minimum Gasteiger partial charge on any atom is -0.451 e. The topological polar surface area (TPSA) is 98.1 Å². The van der Waals surface area contributed by atoms with Crippen LogP contribution in [0.4, 0.5) is 0 Å². The van der Waals surface area contributed by atoms with Gasteiger partial charge in [-0.15, -0.1) is 0 Å². The zero-order chi connectivity index (χ0) is 21.5. The fourth-order valence-corrected chi connectivity index (χ4v) is 5.44. The molecule has 0 bridgehead atoms. The molecule has 1 amide bonds. The highest BCUT2D eigenvalue weighted by molar-refractivity contribution is 7.89. The van der Waals surface area contributed by atoms with Gasteiger partial charge in [0.15, 0.2) is 11.5 Å². The van der Waals surface area contributed by atoms with Crippen molar-refractivity contribution >= 4 is 26.9 Å². The molecule has 2 aliphatic heterocycles. The number of nitrogens with one attached hydrogen (secondary N) is 1. The van der Waals surface area contributed by atoms with Crippen molar-refractivity contribution in [1.29, 1.82) is 0 Å². The van der Waals surface area contributed by atoms with Gasteiger partial charge in [0.05, 0.1) is 18.1 Å². The normalized spacial score (nSPS) is 20.6. The Balaban J connectivity index is 1.58. The van der Waals surface area contributed by atoms with E-state index in [9.17, 15) is 13.2 Å². The molecule has 4 rings (SSSR count). The van der Waals surface area contributed by atoms with Gasteiger partial charge in [0, 0.05) is 42.9 Å². The molecule has 2 aromatic rings. The van der Waals surface area contributed by atoms with Crippen LogP contribution in [-0.2, 0) is 19.5 Å². The Kier molecular flexibility index (Phi) is 5.65. The van der Waals surface area contributed by atoms with Crippen LogP contribution in [0.5, 0.6) is 0 Å². The lowest BCUT2D eigenvalue weighted by atomic mass is 10.1. The van der Waals surface area contributed by atoms with E-state index in [1.165, 1.54) is 10.4 Å². The van der Waals surface area contributed by atoms with Crippen LogP contribution in [0.1, 0.15) is 49.2 Å². The smallest absolute Gasteiger partial charge is 0.287 e. The van der Waals surface area contributed by atoms with Gasteiger partial charge in [0.2, 0.25) is 10.0 Å². The van der Waals surface area contributed by atoms with E-state index in [1.807, 2.05) is 13.8 Å². The number of hydrogen-bond donors (Lipinski definition) is 1. The maximum Gasteiger partial charge on any atom is 0.287 e. The van der Waals surface area contributed by atoms with E-state index >= 15 is 0 Å². The van der Waals surface area contributed by atoms with E-state index in [-0.39, 0.29) is 22.6 Å². The fraction of sp³-hybridized carbons (Fsp3) is 0.571. The second-order valence-corrected chi connectivity index (χ2v) is 9.95. The molecule has 2 saturated heterocycles. The summed E-state index contributed by atoms with van der Waals surface area (Å²) in [7, 11) is -3.67. The van der Waals surface area contributed by atoms with Crippen LogP contribution in [0.2, 0.25) is 0 Å². The van der Waals surface area contributed by atoms with Crippen molar-refractivity contribution in [3.8, 4) is 0 Å². The largest absolute Gasteiger partial charge is 0.451 e. The maximum absolute atomic E-state index is 13.2. The van der Waals surface area contributed by atoms with E-state index in [0.717, 1.165) is 6.42 Å². The van der Waals surface area contributed by atoms with E-state index in [4.69, 9.17) is 13.9 Å². The third-order valence-electron chi connectivity index (χ3n) is 6.04. The molecule has 164 valence electrons. The number of furan rings is 1. The maximum atomic E-state index is 13.2. The molecular weight excluding hydrogens is 408 g/mol. The number of benzene rings is 1. The van der Waals surface area contributed by atoms with Crippen LogP contribution in [0.15, 0.2) is 27.5 Å². The van der Waals surface area contributed by atoms with Gasteiger partial charge < -0.3 is 19.2 Å². The number of carbonyl (C=O) groups is 1. The van der Waals surface area contributed by atoms with Crippen LogP contribution in [-0.4, -0.2) is 56.8 Å². The summed E-state index contributed by atoms with van der Waals surface area (Å²) >= 11 is 0. The molecule has 8 nitrogen and oxygen atoms in total. The Labute approximate surface area is 176 Å². The summed E-state index contributed by atoms with van der Waals surface area (Å²) in [5, 5.41) is 3.51. The molecule has 1 N–H and O–H groups in total. The lowest BCUT2D eigenvalue weighted by Crippen LogP contribution is -2.47. The SMILES string of the molecule is CC[C@H](C)NC(=O)c1oc2ccc(S(=O)(=O)N3CCC4(CC3)OCCO4)cc2c1C. The highest BCUT2D eigenvalue weighted by Crippen LogP contribution is 2.34.